The number of morpholine rings is 1. The summed E-state index contributed by atoms with van der Waals surface area (Å²) >= 11 is 0. The summed E-state index contributed by atoms with van der Waals surface area (Å²) in [6, 6.07) is 11.8. The Kier molecular flexibility index (Phi) is 9.55. The van der Waals surface area contributed by atoms with Gasteiger partial charge in [-0.3, -0.25) is 0 Å². The predicted octanol–water partition coefficient (Wildman–Crippen LogP) is 4.02. The third-order valence-electron chi connectivity index (χ3n) is 7.36. The number of alkyl halides is 3. The number of nitrogens with zero attached hydrogens (tertiary/aromatic N) is 2. The van der Waals surface area contributed by atoms with Gasteiger partial charge >= 0.3 is 6.18 Å². The number of halogens is 3. The van der Waals surface area contributed by atoms with E-state index in [1.54, 1.807) is 42.5 Å². The predicted molar refractivity (Wildman–Crippen MR) is 160 cm³/mol. The molecule has 0 bridgehead atoms. The fourth-order valence-electron chi connectivity index (χ4n) is 5.18. The zero-order valence-electron chi connectivity index (χ0n) is 23.6. The molecule has 232 valence electrons. The molecule has 2 fully saturated rings. The number of methoxy groups -OCH3 is 1. The molecule has 1 aromatic heterocycles. The molecule has 2 N–H and O–H groups in total. The lowest BCUT2D eigenvalue weighted by molar-refractivity contribution is -0.140. The number of aromatic nitrogens is 1. The smallest absolute Gasteiger partial charge is 0.406 e. The molecule has 0 amide bonds. The second-order valence-electron chi connectivity index (χ2n) is 10.3. The van der Waals surface area contributed by atoms with Crippen LogP contribution >= 0.6 is 0 Å². The van der Waals surface area contributed by atoms with Crippen molar-refractivity contribution in [1.82, 2.24) is 8.87 Å². The molecule has 1 atom stereocenters. The van der Waals surface area contributed by atoms with Gasteiger partial charge in [0.15, 0.2) is 0 Å². The molecule has 5 rings (SSSR count). The zero-order chi connectivity index (χ0) is 30.6. The first-order chi connectivity index (χ1) is 20.5. The number of hydrogen-bond donors (Lipinski definition) is 2. The maximum Gasteiger partial charge on any atom is 0.406 e. The molecule has 2 saturated heterocycles. The number of benzene rings is 2. The van der Waals surface area contributed by atoms with Crippen LogP contribution in [0.15, 0.2) is 47.4 Å². The van der Waals surface area contributed by atoms with E-state index in [4.69, 9.17) is 9.47 Å². The van der Waals surface area contributed by atoms with Gasteiger partial charge in [-0.1, -0.05) is 12.0 Å². The fourth-order valence-corrected chi connectivity index (χ4v) is 7.84. The average Bonchev–Trinajstić information content (AvgIpc) is 3.33. The Labute approximate surface area is 251 Å². The summed E-state index contributed by atoms with van der Waals surface area (Å²) in [4.78, 5) is 0.589. The van der Waals surface area contributed by atoms with Crippen LogP contribution in [0.25, 0.3) is 10.9 Å². The fraction of sp³-hybridized carbons (Fsp3) is 0.448. The Morgan fingerprint density at radius 3 is 2.53 bits per heavy atom. The minimum atomic E-state index is -4.46. The minimum Gasteiger partial charge on any atom is -0.495 e. The number of sulfone groups is 1. The number of anilines is 2. The van der Waals surface area contributed by atoms with Crippen LogP contribution in [0.1, 0.15) is 18.5 Å². The summed E-state index contributed by atoms with van der Waals surface area (Å²) in [7, 11) is -2.90. The molecule has 0 saturated carbocycles. The van der Waals surface area contributed by atoms with Crippen molar-refractivity contribution in [2.24, 2.45) is 0 Å². The van der Waals surface area contributed by atoms with Gasteiger partial charge in [-0.15, -0.1) is 0 Å². The van der Waals surface area contributed by atoms with Crippen molar-refractivity contribution in [3.63, 3.8) is 0 Å². The molecule has 0 radical (unpaired) electrons. The van der Waals surface area contributed by atoms with Crippen molar-refractivity contribution in [2.75, 3.05) is 62.1 Å². The molecular formula is C29H33F3N4O5S2. The van der Waals surface area contributed by atoms with Crippen LogP contribution in [0.4, 0.5) is 24.5 Å². The van der Waals surface area contributed by atoms with Gasteiger partial charge in [-0.25, -0.2) is 16.9 Å². The number of fused-ring (bicyclic) bond motifs is 1. The quantitative estimate of drug-likeness (QED) is 0.360. The summed E-state index contributed by atoms with van der Waals surface area (Å²) in [6.45, 7) is 1.10. The third kappa shape index (κ3) is 7.83. The van der Waals surface area contributed by atoms with E-state index < -0.39 is 33.5 Å². The van der Waals surface area contributed by atoms with E-state index in [0.717, 1.165) is 4.57 Å². The van der Waals surface area contributed by atoms with E-state index in [1.165, 1.54) is 7.11 Å². The Bertz CT molecular complexity index is 1640. The van der Waals surface area contributed by atoms with Crippen molar-refractivity contribution in [2.45, 2.75) is 36.5 Å². The average molecular weight is 639 g/mol. The first-order valence-corrected chi connectivity index (χ1v) is 16.8. The normalized spacial score (nSPS) is 18.5. The molecular weight excluding hydrogens is 605 g/mol. The van der Waals surface area contributed by atoms with Crippen LogP contribution < -0.4 is 15.4 Å². The van der Waals surface area contributed by atoms with E-state index in [1.807, 2.05) is 4.31 Å². The van der Waals surface area contributed by atoms with Crippen LogP contribution in [0.5, 0.6) is 5.75 Å². The van der Waals surface area contributed by atoms with E-state index in [9.17, 15) is 25.8 Å². The molecule has 0 aliphatic carbocycles. The Morgan fingerprint density at radius 2 is 1.84 bits per heavy atom. The number of ether oxygens (including phenoxy) is 2. The van der Waals surface area contributed by atoms with Crippen molar-refractivity contribution in [3.05, 3.63) is 48.2 Å². The van der Waals surface area contributed by atoms with Crippen molar-refractivity contribution in [1.29, 1.82) is 0 Å². The minimum absolute atomic E-state index is 0.0820. The van der Waals surface area contributed by atoms with Gasteiger partial charge in [-0.2, -0.15) is 13.2 Å². The largest absolute Gasteiger partial charge is 0.495 e. The van der Waals surface area contributed by atoms with Gasteiger partial charge in [0, 0.05) is 30.2 Å². The van der Waals surface area contributed by atoms with Gasteiger partial charge in [0.1, 0.15) is 33.1 Å². The lowest BCUT2D eigenvalue weighted by Gasteiger charge is -2.25. The highest BCUT2D eigenvalue weighted by Gasteiger charge is 2.30. The number of nitrogens with one attached hydrogen (secondary N) is 2. The lowest BCUT2D eigenvalue weighted by Crippen LogP contribution is -2.37. The van der Waals surface area contributed by atoms with Gasteiger partial charge < -0.3 is 24.7 Å². The molecule has 0 spiro atoms. The maximum absolute atomic E-state index is 13.6. The van der Waals surface area contributed by atoms with E-state index in [2.05, 4.69) is 22.5 Å². The van der Waals surface area contributed by atoms with E-state index in [0.29, 0.717) is 72.1 Å². The number of rotatable bonds is 8. The molecule has 2 aliphatic rings. The van der Waals surface area contributed by atoms with Crippen LogP contribution in [-0.4, -0.2) is 85.2 Å². The van der Waals surface area contributed by atoms with Crippen LogP contribution in [0, 0.1) is 11.8 Å². The molecule has 14 heteroatoms. The van der Waals surface area contributed by atoms with Crippen LogP contribution in [0.3, 0.4) is 0 Å². The molecule has 3 heterocycles. The highest BCUT2D eigenvalue weighted by molar-refractivity contribution is 7.91. The van der Waals surface area contributed by atoms with E-state index in [-0.39, 0.29) is 29.8 Å². The van der Waals surface area contributed by atoms with Crippen molar-refractivity contribution >= 4 is 43.1 Å². The summed E-state index contributed by atoms with van der Waals surface area (Å²) in [6.07, 6.45) is -3.58. The topological polar surface area (TPSA) is 102 Å². The van der Waals surface area contributed by atoms with Gasteiger partial charge in [0.25, 0.3) is 0 Å². The van der Waals surface area contributed by atoms with Gasteiger partial charge in [0.2, 0.25) is 0 Å². The zero-order valence-corrected chi connectivity index (χ0v) is 25.2. The first-order valence-electron chi connectivity index (χ1n) is 13.8. The monoisotopic (exact) mass is 638 g/mol. The Balaban J connectivity index is 1.34. The van der Waals surface area contributed by atoms with Crippen LogP contribution in [0.2, 0.25) is 0 Å². The molecule has 3 aromatic rings. The molecule has 1 unspecified atom stereocenters. The van der Waals surface area contributed by atoms with Crippen molar-refractivity contribution in [3.8, 4) is 17.6 Å². The summed E-state index contributed by atoms with van der Waals surface area (Å²) < 4.78 is 91.1. The highest BCUT2D eigenvalue weighted by Crippen LogP contribution is 2.32. The summed E-state index contributed by atoms with van der Waals surface area (Å²) in [5, 5.41) is 7.05. The van der Waals surface area contributed by atoms with Crippen molar-refractivity contribution < 1.29 is 35.3 Å². The summed E-state index contributed by atoms with van der Waals surface area (Å²) in [5.41, 5.74) is 1.84. The van der Waals surface area contributed by atoms with E-state index >= 15 is 0 Å². The molecule has 43 heavy (non-hydrogen) atoms. The van der Waals surface area contributed by atoms with Crippen LogP contribution in [-0.2, 0) is 32.1 Å². The Morgan fingerprint density at radius 1 is 1.09 bits per heavy atom. The SMILES string of the molecule is COc1cc(S(=O)N2CCOCC2)ccc1NCC#Cc1cc2c(NC3CCS(=O)(=O)CC3)cccc2n1CC(F)(F)F. The second kappa shape index (κ2) is 13.2. The Hall–Kier alpha value is -3.25. The lowest BCUT2D eigenvalue weighted by atomic mass is 10.1. The summed E-state index contributed by atoms with van der Waals surface area (Å²) in [5.74, 6) is 6.43. The van der Waals surface area contributed by atoms with Gasteiger partial charge in [0.05, 0.1) is 60.2 Å². The maximum atomic E-state index is 13.6. The van der Waals surface area contributed by atoms with Gasteiger partial charge in [-0.05, 0) is 55.2 Å². The third-order valence-corrected chi connectivity index (χ3v) is 10.6. The second-order valence-corrected chi connectivity index (χ2v) is 14.1. The standard InChI is InChI=1S/C29H33F3N4O5S2/c1-40-28-19-23(42(37)35-12-14-41-15-13-35)7-8-26(28)33-11-3-4-22-18-24-25(34-21-9-16-43(38,39)17-10-21)5-2-6-27(24)36(22)20-29(30,31)32/h2,5-8,18-19,21,33-34H,9-17,20H2,1H3. The molecule has 2 aromatic carbocycles. The molecule has 2 aliphatic heterocycles. The molecule has 9 nitrogen and oxygen atoms in total. The first kappa shape index (κ1) is 31.2. The highest BCUT2D eigenvalue weighted by atomic mass is 32.2. The number of hydrogen-bond acceptors (Lipinski definition) is 7.